The smallest absolute Gasteiger partial charge is 0.586 e. The number of halogens is 2. The Bertz CT molecular complexity index is 505. The van der Waals surface area contributed by atoms with E-state index in [1.807, 2.05) is 20.8 Å². The van der Waals surface area contributed by atoms with E-state index in [0.29, 0.717) is 5.56 Å². The molecular weight excluding hydrogens is 288 g/mol. The molecule has 0 bridgehead atoms. The van der Waals surface area contributed by atoms with Crippen molar-refractivity contribution in [2.45, 2.75) is 44.8 Å². The summed E-state index contributed by atoms with van der Waals surface area (Å²) in [7, 11) is 0. The Labute approximate surface area is 119 Å². The van der Waals surface area contributed by atoms with Crippen molar-refractivity contribution < 1.29 is 22.8 Å². The lowest BCUT2D eigenvalue weighted by molar-refractivity contribution is -0.286. The van der Waals surface area contributed by atoms with Crippen LogP contribution in [0, 0.1) is 0 Å². The molecular formula is C13H17F2NO3S. The molecule has 1 aliphatic rings. The number of nitrogens with one attached hydrogen (secondary N) is 1. The van der Waals surface area contributed by atoms with Crippen LogP contribution in [-0.4, -0.2) is 15.6 Å². The third-order valence-electron chi connectivity index (χ3n) is 2.77. The van der Waals surface area contributed by atoms with Crippen LogP contribution in [0.3, 0.4) is 0 Å². The van der Waals surface area contributed by atoms with Crippen molar-refractivity contribution in [1.29, 1.82) is 0 Å². The maximum Gasteiger partial charge on any atom is 0.586 e. The van der Waals surface area contributed by atoms with Gasteiger partial charge in [0.2, 0.25) is 0 Å². The molecule has 1 aromatic rings. The molecule has 1 aromatic carbocycles. The van der Waals surface area contributed by atoms with Crippen LogP contribution in [0.4, 0.5) is 8.78 Å². The second-order valence-electron chi connectivity index (χ2n) is 5.59. The summed E-state index contributed by atoms with van der Waals surface area (Å²) in [6, 6.07) is 4.26. The Kier molecular flexibility index (Phi) is 3.88. The van der Waals surface area contributed by atoms with Gasteiger partial charge in [-0.25, -0.2) is 0 Å². The molecule has 2 unspecified atom stereocenters. The van der Waals surface area contributed by atoms with Crippen LogP contribution < -0.4 is 14.2 Å². The molecule has 112 valence electrons. The predicted octanol–water partition coefficient (Wildman–Crippen LogP) is 3.12. The maximum atomic E-state index is 12.9. The molecule has 0 aliphatic carbocycles. The van der Waals surface area contributed by atoms with Crippen molar-refractivity contribution in [3.05, 3.63) is 23.8 Å². The van der Waals surface area contributed by atoms with Gasteiger partial charge in [-0.05, 0) is 45.4 Å². The number of ether oxygens (including phenoxy) is 2. The minimum atomic E-state index is -3.62. The van der Waals surface area contributed by atoms with Gasteiger partial charge in [-0.1, -0.05) is 6.07 Å². The third-order valence-corrected chi connectivity index (χ3v) is 4.45. The van der Waals surface area contributed by atoms with E-state index in [0.717, 1.165) is 0 Å². The first-order chi connectivity index (χ1) is 9.08. The Balaban J connectivity index is 2.12. The van der Waals surface area contributed by atoms with Gasteiger partial charge < -0.3 is 14.0 Å². The van der Waals surface area contributed by atoms with Gasteiger partial charge in [0.15, 0.2) is 11.5 Å². The van der Waals surface area contributed by atoms with Gasteiger partial charge in [0.05, 0.1) is 6.04 Å². The Morgan fingerprint density at radius 2 is 1.85 bits per heavy atom. The van der Waals surface area contributed by atoms with Crippen LogP contribution in [-0.2, 0) is 11.4 Å². The zero-order chi connectivity index (χ0) is 15.1. The molecule has 1 heterocycles. The first kappa shape index (κ1) is 15.3. The average Bonchev–Trinajstić information content (AvgIpc) is 2.60. The summed E-state index contributed by atoms with van der Waals surface area (Å²) in [5, 5.41) is 0. The van der Waals surface area contributed by atoms with Gasteiger partial charge in [0, 0.05) is 11.4 Å². The molecule has 2 atom stereocenters. The molecule has 20 heavy (non-hydrogen) atoms. The average molecular weight is 305 g/mol. The number of hydrogen-bond acceptors (Lipinski definition) is 4. The molecule has 1 aliphatic heterocycles. The summed E-state index contributed by atoms with van der Waals surface area (Å²) in [5.74, 6) is -0.00872. The van der Waals surface area contributed by atoms with Crippen LogP contribution in [0.15, 0.2) is 18.2 Å². The molecule has 0 radical (unpaired) electrons. The largest absolute Gasteiger partial charge is 0.598 e. The van der Waals surface area contributed by atoms with E-state index in [1.165, 1.54) is 12.1 Å². The van der Waals surface area contributed by atoms with E-state index >= 15 is 0 Å². The van der Waals surface area contributed by atoms with Crippen molar-refractivity contribution >= 4 is 11.4 Å². The fourth-order valence-electron chi connectivity index (χ4n) is 1.64. The lowest BCUT2D eigenvalue weighted by atomic mass is 10.1. The van der Waals surface area contributed by atoms with Crippen LogP contribution >= 0.6 is 0 Å². The molecule has 0 aromatic heterocycles. The Morgan fingerprint density at radius 1 is 1.25 bits per heavy atom. The summed E-state index contributed by atoms with van der Waals surface area (Å²) in [4.78, 5) is 0. The third kappa shape index (κ3) is 3.34. The quantitative estimate of drug-likeness (QED) is 0.872. The molecule has 0 saturated heterocycles. The van der Waals surface area contributed by atoms with Gasteiger partial charge in [0.1, 0.15) is 4.75 Å². The second-order valence-corrected chi connectivity index (χ2v) is 7.59. The molecule has 4 nitrogen and oxygen atoms in total. The highest BCUT2D eigenvalue weighted by Crippen LogP contribution is 2.42. The van der Waals surface area contributed by atoms with E-state index in [-0.39, 0.29) is 17.5 Å². The number of benzene rings is 1. The predicted molar refractivity (Wildman–Crippen MR) is 72.1 cm³/mol. The van der Waals surface area contributed by atoms with Gasteiger partial charge in [-0.15, -0.1) is 13.5 Å². The zero-order valence-electron chi connectivity index (χ0n) is 11.7. The van der Waals surface area contributed by atoms with Crippen LogP contribution in [0.25, 0.3) is 0 Å². The fraction of sp³-hybridized carbons (Fsp3) is 0.538. The van der Waals surface area contributed by atoms with E-state index in [1.54, 1.807) is 13.0 Å². The molecule has 0 spiro atoms. The number of fused-ring (bicyclic) bond motifs is 1. The van der Waals surface area contributed by atoms with Crippen molar-refractivity contribution in [2.75, 3.05) is 0 Å². The normalized spacial score (nSPS) is 19.8. The Hall–Kier alpha value is -1.05. The summed E-state index contributed by atoms with van der Waals surface area (Å²) in [5.41, 5.74) is 0.697. The first-order valence-electron chi connectivity index (χ1n) is 6.16. The lowest BCUT2D eigenvalue weighted by Crippen LogP contribution is -2.40. The summed E-state index contributed by atoms with van der Waals surface area (Å²) >= 11 is -1.25. The summed E-state index contributed by atoms with van der Waals surface area (Å²) < 4.78 is 49.1. The van der Waals surface area contributed by atoms with Crippen molar-refractivity contribution in [2.24, 2.45) is 0 Å². The van der Waals surface area contributed by atoms with Gasteiger partial charge in [-0.3, -0.25) is 0 Å². The summed E-state index contributed by atoms with van der Waals surface area (Å²) in [6.45, 7) is 7.36. The van der Waals surface area contributed by atoms with E-state index < -0.39 is 22.4 Å². The first-order valence-corrected chi connectivity index (χ1v) is 7.31. The van der Waals surface area contributed by atoms with E-state index in [9.17, 15) is 13.3 Å². The van der Waals surface area contributed by atoms with Crippen molar-refractivity contribution in [3.63, 3.8) is 0 Å². The molecule has 7 heteroatoms. The van der Waals surface area contributed by atoms with Crippen LogP contribution in [0.1, 0.15) is 39.3 Å². The molecule has 0 saturated carbocycles. The highest BCUT2D eigenvalue weighted by atomic mass is 32.2. The molecule has 2 rings (SSSR count). The van der Waals surface area contributed by atoms with Gasteiger partial charge in [0.25, 0.3) is 0 Å². The topological polar surface area (TPSA) is 53.5 Å². The van der Waals surface area contributed by atoms with E-state index in [4.69, 9.17) is 0 Å². The van der Waals surface area contributed by atoms with E-state index in [2.05, 4.69) is 14.2 Å². The highest BCUT2D eigenvalue weighted by molar-refractivity contribution is 7.90. The van der Waals surface area contributed by atoms with Crippen LogP contribution in [0.2, 0.25) is 0 Å². The number of rotatable bonds is 3. The van der Waals surface area contributed by atoms with Crippen LogP contribution in [0.5, 0.6) is 11.5 Å². The molecule has 0 fully saturated rings. The minimum absolute atomic E-state index is 0.00268. The molecule has 1 N–H and O–H groups in total. The number of hydrogen-bond donors (Lipinski definition) is 1. The standard InChI is InChI=1S/C13H17F2NO3S/c1-8(16-20(17)12(2,3)4)9-5-6-10-11(7-9)19-13(14,15)18-10/h5-8,16H,1-4H3. The van der Waals surface area contributed by atoms with Crippen molar-refractivity contribution in [1.82, 2.24) is 4.72 Å². The Morgan fingerprint density at radius 3 is 2.45 bits per heavy atom. The number of alkyl halides is 2. The monoisotopic (exact) mass is 305 g/mol. The molecule has 0 amide bonds. The fourth-order valence-corrected chi connectivity index (χ4v) is 2.45. The van der Waals surface area contributed by atoms with Crippen molar-refractivity contribution in [3.8, 4) is 11.5 Å². The SMILES string of the molecule is CC(N[S+]([O-])C(C)(C)C)c1ccc2c(c1)OC(F)(F)O2. The van der Waals surface area contributed by atoms with Gasteiger partial charge >= 0.3 is 6.29 Å². The minimum Gasteiger partial charge on any atom is -0.598 e. The zero-order valence-corrected chi connectivity index (χ0v) is 12.5. The second kappa shape index (κ2) is 5.05. The summed E-state index contributed by atoms with van der Waals surface area (Å²) in [6.07, 6.45) is -3.62. The van der Waals surface area contributed by atoms with Gasteiger partial charge in [-0.2, -0.15) is 0 Å². The lowest BCUT2D eigenvalue weighted by Gasteiger charge is -2.26. The maximum absolute atomic E-state index is 12.9. The highest BCUT2D eigenvalue weighted by Gasteiger charge is 2.43.